The molecule has 0 bridgehead atoms. The molecule has 1 aliphatic rings. The molecule has 0 spiro atoms. The van der Waals surface area contributed by atoms with Gasteiger partial charge in [-0.2, -0.15) is 0 Å². The van der Waals surface area contributed by atoms with Crippen LogP contribution in [0.25, 0.3) is 0 Å². The second-order valence-electron chi connectivity index (χ2n) is 3.36. The molecule has 1 N–H and O–H groups in total. The molecule has 0 aromatic heterocycles. The van der Waals surface area contributed by atoms with Crippen LogP contribution in [0.5, 0.6) is 0 Å². The third kappa shape index (κ3) is 2.59. The Labute approximate surface area is 79.9 Å². The fourth-order valence-corrected chi connectivity index (χ4v) is 1.56. The first-order chi connectivity index (χ1) is 6.29. The zero-order chi connectivity index (χ0) is 9.68. The minimum absolute atomic E-state index is 0.206. The van der Waals surface area contributed by atoms with Crippen LogP contribution in [-0.2, 0) is 0 Å². The van der Waals surface area contributed by atoms with Gasteiger partial charge in [0.1, 0.15) is 0 Å². The molecular weight excluding hydrogens is 166 g/mol. The summed E-state index contributed by atoms with van der Waals surface area (Å²) in [6, 6.07) is 0.206. The molecule has 0 aromatic rings. The van der Waals surface area contributed by atoms with E-state index in [9.17, 15) is 4.79 Å². The van der Waals surface area contributed by atoms with Crippen LogP contribution in [0.1, 0.15) is 13.3 Å². The zero-order valence-electron chi connectivity index (χ0n) is 8.55. The first-order valence-corrected chi connectivity index (χ1v) is 4.98. The van der Waals surface area contributed by atoms with Crippen LogP contribution in [-0.4, -0.2) is 55.6 Å². The number of nitrogens with one attached hydrogen (secondary N) is 1. The SMILES string of the molecule is CCCN1CCN(CCNC)C1=O. The quantitative estimate of drug-likeness (QED) is 0.671. The smallest absolute Gasteiger partial charge is 0.320 e. The maximum atomic E-state index is 11.6. The van der Waals surface area contributed by atoms with Crippen molar-refractivity contribution in [2.75, 3.05) is 39.8 Å². The Hall–Kier alpha value is -0.770. The summed E-state index contributed by atoms with van der Waals surface area (Å²) in [5.41, 5.74) is 0. The highest BCUT2D eigenvalue weighted by Crippen LogP contribution is 2.07. The van der Waals surface area contributed by atoms with Crippen molar-refractivity contribution >= 4 is 6.03 Å². The first kappa shape index (κ1) is 10.3. The lowest BCUT2D eigenvalue weighted by molar-refractivity contribution is 0.192. The van der Waals surface area contributed by atoms with Gasteiger partial charge in [-0.15, -0.1) is 0 Å². The Kier molecular flexibility index (Phi) is 4.02. The van der Waals surface area contributed by atoms with Crippen LogP contribution in [0.2, 0.25) is 0 Å². The van der Waals surface area contributed by atoms with Gasteiger partial charge < -0.3 is 15.1 Å². The molecule has 0 radical (unpaired) electrons. The van der Waals surface area contributed by atoms with E-state index in [1.54, 1.807) is 0 Å². The van der Waals surface area contributed by atoms with Crippen molar-refractivity contribution in [2.45, 2.75) is 13.3 Å². The Morgan fingerprint density at radius 1 is 1.31 bits per heavy atom. The highest BCUT2D eigenvalue weighted by atomic mass is 16.2. The van der Waals surface area contributed by atoms with Gasteiger partial charge in [-0.3, -0.25) is 0 Å². The lowest BCUT2D eigenvalue weighted by atomic mass is 10.4. The van der Waals surface area contributed by atoms with Gasteiger partial charge in [0, 0.05) is 32.7 Å². The Balaban J connectivity index is 2.32. The minimum Gasteiger partial charge on any atom is -0.323 e. The standard InChI is InChI=1S/C9H19N3O/c1-3-5-11-7-8-12(9(11)13)6-4-10-2/h10H,3-8H2,1-2H3. The molecule has 13 heavy (non-hydrogen) atoms. The van der Waals surface area contributed by atoms with Crippen molar-refractivity contribution in [3.63, 3.8) is 0 Å². The normalized spacial score (nSPS) is 17.2. The largest absolute Gasteiger partial charge is 0.323 e. The highest BCUT2D eigenvalue weighted by Gasteiger charge is 2.26. The fraction of sp³-hybridized carbons (Fsp3) is 0.889. The summed E-state index contributed by atoms with van der Waals surface area (Å²) in [4.78, 5) is 15.5. The van der Waals surface area contributed by atoms with E-state index < -0.39 is 0 Å². The summed E-state index contributed by atoms with van der Waals surface area (Å²) < 4.78 is 0. The Morgan fingerprint density at radius 2 is 1.92 bits per heavy atom. The lowest BCUT2D eigenvalue weighted by Gasteiger charge is -2.17. The predicted octanol–water partition coefficient (Wildman–Crippen LogP) is 0.353. The van der Waals surface area contributed by atoms with Gasteiger partial charge in [0.05, 0.1) is 0 Å². The Morgan fingerprint density at radius 3 is 2.46 bits per heavy atom. The van der Waals surface area contributed by atoms with E-state index in [2.05, 4.69) is 12.2 Å². The molecule has 0 saturated carbocycles. The molecule has 1 aliphatic heterocycles. The molecule has 0 aliphatic carbocycles. The molecule has 1 fully saturated rings. The first-order valence-electron chi connectivity index (χ1n) is 4.98. The van der Waals surface area contributed by atoms with Crippen LogP contribution in [0.4, 0.5) is 4.79 Å². The predicted molar refractivity (Wildman–Crippen MR) is 52.8 cm³/mol. The summed E-state index contributed by atoms with van der Waals surface area (Å²) in [7, 11) is 1.91. The summed E-state index contributed by atoms with van der Waals surface area (Å²) in [6.07, 6.45) is 1.05. The number of likely N-dealkylation sites (N-methyl/N-ethyl adjacent to an activating group) is 1. The second-order valence-corrected chi connectivity index (χ2v) is 3.36. The number of hydrogen-bond acceptors (Lipinski definition) is 2. The maximum Gasteiger partial charge on any atom is 0.320 e. The molecule has 4 heteroatoms. The minimum atomic E-state index is 0.206. The second kappa shape index (κ2) is 5.07. The number of carbonyl (C=O) groups excluding carboxylic acids is 1. The lowest BCUT2D eigenvalue weighted by Crippen LogP contribution is -2.35. The van der Waals surface area contributed by atoms with Crippen LogP contribution >= 0.6 is 0 Å². The van der Waals surface area contributed by atoms with Gasteiger partial charge in [-0.25, -0.2) is 4.79 Å². The topological polar surface area (TPSA) is 35.6 Å². The van der Waals surface area contributed by atoms with Gasteiger partial charge in [0.25, 0.3) is 0 Å². The molecule has 76 valence electrons. The maximum absolute atomic E-state index is 11.6. The van der Waals surface area contributed by atoms with Gasteiger partial charge in [0.15, 0.2) is 0 Å². The summed E-state index contributed by atoms with van der Waals surface area (Å²) >= 11 is 0. The molecule has 1 rings (SSSR count). The zero-order valence-corrected chi connectivity index (χ0v) is 8.55. The number of nitrogens with zero attached hydrogens (tertiary/aromatic N) is 2. The van der Waals surface area contributed by atoms with Crippen LogP contribution in [0.3, 0.4) is 0 Å². The number of rotatable bonds is 5. The average Bonchev–Trinajstić information content (AvgIpc) is 2.46. The third-order valence-electron chi connectivity index (χ3n) is 2.31. The van der Waals surface area contributed by atoms with Crippen LogP contribution in [0, 0.1) is 0 Å². The monoisotopic (exact) mass is 185 g/mol. The van der Waals surface area contributed by atoms with Crippen LogP contribution < -0.4 is 5.32 Å². The molecule has 0 unspecified atom stereocenters. The summed E-state index contributed by atoms with van der Waals surface area (Å²) in [5.74, 6) is 0. The van der Waals surface area contributed by atoms with Crippen LogP contribution in [0.15, 0.2) is 0 Å². The molecule has 1 saturated heterocycles. The van der Waals surface area contributed by atoms with Crippen molar-refractivity contribution in [3.05, 3.63) is 0 Å². The Bertz CT molecular complexity index is 172. The summed E-state index contributed by atoms with van der Waals surface area (Å²) in [5, 5.41) is 3.05. The third-order valence-corrected chi connectivity index (χ3v) is 2.31. The van der Waals surface area contributed by atoms with Crippen molar-refractivity contribution < 1.29 is 4.79 Å². The van der Waals surface area contributed by atoms with E-state index in [0.717, 1.165) is 39.1 Å². The van der Waals surface area contributed by atoms with Gasteiger partial charge in [0.2, 0.25) is 0 Å². The van der Waals surface area contributed by atoms with E-state index in [4.69, 9.17) is 0 Å². The van der Waals surface area contributed by atoms with Crippen molar-refractivity contribution in [2.24, 2.45) is 0 Å². The van der Waals surface area contributed by atoms with Gasteiger partial charge >= 0.3 is 6.03 Å². The molecule has 2 amide bonds. The molecule has 1 heterocycles. The molecule has 4 nitrogen and oxygen atoms in total. The van der Waals surface area contributed by atoms with Gasteiger partial charge in [-0.05, 0) is 13.5 Å². The van der Waals surface area contributed by atoms with E-state index in [-0.39, 0.29) is 6.03 Å². The fourth-order valence-electron chi connectivity index (χ4n) is 1.56. The number of urea groups is 1. The van der Waals surface area contributed by atoms with E-state index in [0.29, 0.717) is 0 Å². The van der Waals surface area contributed by atoms with Crippen molar-refractivity contribution in [1.82, 2.24) is 15.1 Å². The molecule has 0 atom stereocenters. The highest BCUT2D eigenvalue weighted by molar-refractivity contribution is 5.76. The molecular formula is C9H19N3O. The number of hydrogen-bond donors (Lipinski definition) is 1. The number of carbonyl (C=O) groups is 1. The number of amides is 2. The van der Waals surface area contributed by atoms with Gasteiger partial charge in [-0.1, -0.05) is 6.92 Å². The molecule has 0 aromatic carbocycles. The summed E-state index contributed by atoms with van der Waals surface area (Å²) in [6.45, 7) is 6.50. The van der Waals surface area contributed by atoms with Crippen molar-refractivity contribution in [1.29, 1.82) is 0 Å². The van der Waals surface area contributed by atoms with E-state index >= 15 is 0 Å². The average molecular weight is 185 g/mol. The van der Waals surface area contributed by atoms with Crippen molar-refractivity contribution in [3.8, 4) is 0 Å². The van der Waals surface area contributed by atoms with E-state index in [1.165, 1.54) is 0 Å². The van der Waals surface area contributed by atoms with E-state index in [1.807, 2.05) is 16.8 Å².